The van der Waals surface area contributed by atoms with Crippen molar-refractivity contribution in [3.8, 4) is 0 Å². The number of thioether (sulfide) groups is 1. The van der Waals surface area contributed by atoms with Gasteiger partial charge in [-0.3, -0.25) is 9.59 Å². The van der Waals surface area contributed by atoms with Crippen molar-refractivity contribution in [2.24, 2.45) is 0 Å². The predicted molar refractivity (Wildman–Crippen MR) is 96.8 cm³/mol. The second-order valence-electron chi connectivity index (χ2n) is 5.85. The number of fused-ring (bicyclic) bond motifs is 1. The van der Waals surface area contributed by atoms with Crippen LogP contribution in [0.5, 0.6) is 0 Å². The van der Waals surface area contributed by atoms with Crippen LogP contribution in [0.3, 0.4) is 0 Å². The van der Waals surface area contributed by atoms with Gasteiger partial charge in [-0.05, 0) is 37.1 Å². The second-order valence-corrected chi connectivity index (χ2v) is 6.80. The fourth-order valence-corrected chi connectivity index (χ4v) is 3.52. The Morgan fingerprint density at radius 2 is 1.96 bits per heavy atom. The molecule has 2 heterocycles. The molecule has 0 spiro atoms. The Kier molecular flexibility index (Phi) is 5.70. The van der Waals surface area contributed by atoms with Crippen molar-refractivity contribution in [1.29, 1.82) is 0 Å². The number of hydrogen-bond acceptors (Lipinski definition) is 5. The van der Waals surface area contributed by atoms with Crippen molar-refractivity contribution in [2.75, 3.05) is 18.1 Å². The van der Waals surface area contributed by atoms with E-state index in [9.17, 15) is 9.59 Å². The molecule has 25 heavy (non-hydrogen) atoms. The first kappa shape index (κ1) is 17.5. The molecule has 1 aromatic carbocycles. The lowest BCUT2D eigenvalue weighted by Gasteiger charge is -2.08. The van der Waals surface area contributed by atoms with Gasteiger partial charge in [0.2, 0.25) is 5.91 Å². The molecule has 2 N–H and O–H groups in total. The molecule has 132 valence electrons. The van der Waals surface area contributed by atoms with Gasteiger partial charge in [0.1, 0.15) is 5.82 Å². The molecule has 0 radical (unpaired) electrons. The molecular weight excluding hydrogens is 338 g/mol. The first-order chi connectivity index (χ1) is 12.2. The van der Waals surface area contributed by atoms with Gasteiger partial charge in [-0.25, -0.2) is 0 Å². The summed E-state index contributed by atoms with van der Waals surface area (Å²) in [5.74, 6) is 1.03. The zero-order chi connectivity index (χ0) is 17.6. The molecule has 3 rings (SSSR count). The van der Waals surface area contributed by atoms with Crippen LogP contribution >= 0.6 is 11.8 Å². The molecule has 0 atom stereocenters. The monoisotopic (exact) mass is 359 g/mol. The van der Waals surface area contributed by atoms with Gasteiger partial charge in [0.15, 0.2) is 5.16 Å². The Morgan fingerprint density at radius 1 is 1.16 bits per heavy atom. The average Bonchev–Trinajstić information content (AvgIpc) is 2.86. The fourth-order valence-electron chi connectivity index (χ4n) is 2.74. The number of anilines is 1. The highest BCUT2D eigenvalue weighted by molar-refractivity contribution is 7.99. The maximum Gasteiger partial charge on any atom is 0.251 e. The summed E-state index contributed by atoms with van der Waals surface area (Å²) in [6.45, 7) is 0.924. The largest absolute Gasteiger partial charge is 0.355 e. The Bertz CT molecular complexity index is 757. The van der Waals surface area contributed by atoms with E-state index in [1.807, 2.05) is 0 Å². The topological polar surface area (TPSA) is 88.9 Å². The Labute approximate surface area is 150 Å². The molecule has 2 aromatic rings. The first-order valence-corrected chi connectivity index (χ1v) is 9.33. The smallest absolute Gasteiger partial charge is 0.251 e. The number of rotatable bonds is 5. The fraction of sp³-hybridized carbons (Fsp3) is 0.412. The molecule has 0 saturated carbocycles. The third-order valence-corrected chi connectivity index (χ3v) is 5.03. The van der Waals surface area contributed by atoms with Crippen molar-refractivity contribution in [2.45, 2.75) is 37.4 Å². The SMILES string of the molecule is CNC(=O)c1ccc(NC(=O)CSc2nnc3n2CCCCC3)cc1. The van der Waals surface area contributed by atoms with E-state index in [2.05, 4.69) is 25.4 Å². The zero-order valence-electron chi connectivity index (χ0n) is 14.1. The molecule has 1 aliphatic rings. The van der Waals surface area contributed by atoms with E-state index in [1.165, 1.54) is 18.2 Å². The van der Waals surface area contributed by atoms with Crippen molar-refractivity contribution >= 4 is 29.3 Å². The van der Waals surface area contributed by atoms with E-state index in [0.717, 1.165) is 36.8 Å². The summed E-state index contributed by atoms with van der Waals surface area (Å²) < 4.78 is 2.13. The predicted octanol–water partition coefficient (Wildman–Crippen LogP) is 2.09. The summed E-state index contributed by atoms with van der Waals surface area (Å²) in [5, 5.41) is 14.6. The zero-order valence-corrected chi connectivity index (χ0v) is 14.9. The Balaban J connectivity index is 1.55. The van der Waals surface area contributed by atoms with Crippen LogP contribution in [0.1, 0.15) is 35.4 Å². The summed E-state index contributed by atoms with van der Waals surface area (Å²) in [4.78, 5) is 23.7. The van der Waals surface area contributed by atoms with Gasteiger partial charge in [-0.1, -0.05) is 18.2 Å². The second kappa shape index (κ2) is 8.15. The molecular formula is C17H21N5O2S. The number of benzene rings is 1. The number of carbonyl (C=O) groups excluding carboxylic acids is 2. The molecule has 1 aromatic heterocycles. The van der Waals surface area contributed by atoms with Crippen LogP contribution in [0.4, 0.5) is 5.69 Å². The minimum absolute atomic E-state index is 0.108. The van der Waals surface area contributed by atoms with Crippen LogP contribution in [0.2, 0.25) is 0 Å². The quantitative estimate of drug-likeness (QED) is 0.798. The van der Waals surface area contributed by atoms with E-state index in [0.29, 0.717) is 11.3 Å². The van der Waals surface area contributed by atoms with Crippen molar-refractivity contribution in [3.05, 3.63) is 35.7 Å². The van der Waals surface area contributed by atoms with Crippen molar-refractivity contribution in [1.82, 2.24) is 20.1 Å². The first-order valence-electron chi connectivity index (χ1n) is 8.34. The van der Waals surface area contributed by atoms with Gasteiger partial charge < -0.3 is 15.2 Å². The highest BCUT2D eigenvalue weighted by Gasteiger charge is 2.16. The van der Waals surface area contributed by atoms with Crippen molar-refractivity contribution in [3.63, 3.8) is 0 Å². The molecule has 0 unspecified atom stereocenters. The molecule has 8 heteroatoms. The van der Waals surface area contributed by atoms with Crippen LogP contribution in [-0.2, 0) is 17.8 Å². The molecule has 0 saturated heterocycles. The summed E-state index contributed by atoms with van der Waals surface area (Å²) in [5.41, 5.74) is 1.22. The number of aromatic nitrogens is 3. The van der Waals surface area contributed by atoms with Gasteiger partial charge in [0.05, 0.1) is 5.75 Å². The minimum Gasteiger partial charge on any atom is -0.355 e. The van der Waals surface area contributed by atoms with Crippen LogP contribution in [0, 0.1) is 0 Å². The van der Waals surface area contributed by atoms with Gasteiger partial charge in [-0.15, -0.1) is 10.2 Å². The summed E-state index contributed by atoms with van der Waals surface area (Å²) in [6.07, 6.45) is 4.44. The third-order valence-electron chi connectivity index (χ3n) is 4.07. The lowest BCUT2D eigenvalue weighted by molar-refractivity contribution is -0.113. The van der Waals surface area contributed by atoms with Crippen LogP contribution in [0.15, 0.2) is 29.4 Å². The summed E-state index contributed by atoms with van der Waals surface area (Å²) >= 11 is 1.40. The van der Waals surface area contributed by atoms with Gasteiger partial charge in [0.25, 0.3) is 5.91 Å². The molecule has 7 nitrogen and oxygen atoms in total. The maximum absolute atomic E-state index is 12.1. The highest BCUT2D eigenvalue weighted by Crippen LogP contribution is 2.22. The Hall–Kier alpha value is -2.35. The standard InChI is InChI=1S/C17H21N5O2S/c1-18-16(24)12-6-8-13(9-7-12)19-15(23)11-25-17-21-20-14-5-3-2-4-10-22(14)17/h6-9H,2-5,10-11H2,1H3,(H,18,24)(H,19,23). The molecule has 1 aliphatic heterocycles. The van der Waals surface area contributed by atoms with Crippen LogP contribution in [0.25, 0.3) is 0 Å². The lowest BCUT2D eigenvalue weighted by Crippen LogP contribution is -2.18. The van der Waals surface area contributed by atoms with Gasteiger partial charge in [-0.2, -0.15) is 0 Å². The number of aryl methyl sites for hydroxylation is 1. The number of carbonyl (C=O) groups is 2. The minimum atomic E-state index is -0.152. The van der Waals surface area contributed by atoms with Gasteiger partial charge in [0, 0.05) is 31.3 Å². The number of hydrogen-bond donors (Lipinski definition) is 2. The lowest BCUT2D eigenvalue weighted by atomic mass is 10.2. The molecule has 2 amide bonds. The average molecular weight is 359 g/mol. The highest BCUT2D eigenvalue weighted by atomic mass is 32.2. The van der Waals surface area contributed by atoms with E-state index in [4.69, 9.17) is 0 Å². The van der Waals surface area contributed by atoms with E-state index in [-0.39, 0.29) is 17.6 Å². The number of amides is 2. The number of nitrogens with one attached hydrogen (secondary N) is 2. The van der Waals surface area contributed by atoms with E-state index in [1.54, 1.807) is 31.3 Å². The van der Waals surface area contributed by atoms with Gasteiger partial charge >= 0.3 is 0 Å². The number of nitrogens with zero attached hydrogens (tertiary/aromatic N) is 3. The van der Waals surface area contributed by atoms with E-state index >= 15 is 0 Å². The third kappa shape index (κ3) is 4.39. The molecule has 0 fully saturated rings. The summed E-state index contributed by atoms with van der Waals surface area (Å²) in [7, 11) is 1.58. The molecule has 0 bridgehead atoms. The maximum atomic E-state index is 12.1. The van der Waals surface area contributed by atoms with Crippen LogP contribution < -0.4 is 10.6 Å². The van der Waals surface area contributed by atoms with Crippen molar-refractivity contribution < 1.29 is 9.59 Å². The normalized spacial score (nSPS) is 13.6. The Morgan fingerprint density at radius 3 is 2.72 bits per heavy atom. The van der Waals surface area contributed by atoms with E-state index < -0.39 is 0 Å². The van der Waals surface area contributed by atoms with Crippen LogP contribution in [-0.4, -0.2) is 39.4 Å². The summed E-state index contributed by atoms with van der Waals surface area (Å²) in [6, 6.07) is 6.80. The molecule has 0 aliphatic carbocycles.